The summed E-state index contributed by atoms with van der Waals surface area (Å²) in [6.45, 7) is 2.24. The van der Waals surface area contributed by atoms with Gasteiger partial charge in [-0.15, -0.1) is 0 Å². The maximum atomic E-state index is 12.4. The van der Waals surface area contributed by atoms with Crippen LogP contribution in [0.25, 0.3) is 0 Å². The standard InChI is InChI=1S/C17H14BrClN2O2/c1-10(22)21-7-6-11-8-13(3-5-16(11)21)20-17(23)14-9-12(18)2-4-15(14)19/h2-5,8-9H,6-7H2,1H3,(H,20,23). The number of halogens is 2. The Labute approximate surface area is 147 Å². The lowest BCUT2D eigenvalue weighted by Crippen LogP contribution is -2.25. The molecule has 1 N–H and O–H groups in total. The number of fused-ring (bicyclic) bond motifs is 1. The van der Waals surface area contributed by atoms with Crippen LogP contribution >= 0.6 is 27.5 Å². The highest BCUT2D eigenvalue weighted by molar-refractivity contribution is 9.10. The largest absolute Gasteiger partial charge is 0.322 e. The molecule has 23 heavy (non-hydrogen) atoms. The first-order valence-electron chi connectivity index (χ1n) is 7.13. The van der Waals surface area contributed by atoms with Crippen LogP contribution in [0.5, 0.6) is 0 Å². The summed E-state index contributed by atoms with van der Waals surface area (Å²) >= 11 is 9.41. The van der Waals surface area contributed by atoms with Crippen molar-refractivity contribution in [3.8, 4) is 0 Å². The minimum absolute atomic E-state index is 0.0291. The minimum atomic E-state index is -0.266. The highest BCUT2D eigenvalue weighted by atomic mass is 79.9. The van der Waals surface area contributed by atoms with Crippen molar-refractivity contribution in [3.63, 3.8) is 0 Å². The summed E-state index contributed by atoms with van der Waals surface area (Å²) in [5, 5.41) is 3.25. The number of hydrogen-bond acceptors (Lipinski definition) is 2. The molecule has 118 valence electrons. The van der Waals surface area contributed by atoms with E-state index in [2.05, 4.69) is 21.2 Å². The molecule has 6 heteroatoms. The molecule has 0 aromatic heterocycles. The van der Waals surface area contributed by atoms with E-state index < -0.39 is 0 Å². The molecule has 0 unspecified atom stereocenters. The number of anilines is 2. The van der Waals surface area contributed by atoms with Crippen molar-refractivity contribution in [2.75, 3.05) is 16.8 Å². The molecule has 2 aromatic rings. The number of nitrogens with one attached hydrogen (secondary N) is 1. The van der Waals surface area contributed by atoms with Crippen LogP contribution in [0, 0.1) is 0 Å². The predicted octanol–water partition coefficient (Wildman–Crippen LogP) is 4.26. The summed E-state index contributed by atoms with van der Waals surface area (Å²) in [7, 11) is 0. The Hall–Kier alpha value is -1.85. The zero-order valence-electron chi connectivity index (χ0n) is 12.4. The van der Waals surface area contributed by atoms with Crippen LogP contribution in [0.15, 0.2) is 40.9 Å². The van der Waals surface area contributed by atoms with Gasteiger partial charge in [-0.3, -0.25) is 9.59 Å². The van der Waals surface area contributed by atoms with Crippen LogP contribution in [0.2, 0.25) is 5.02 Å². The van der Waals surface area contributed by atoms with Gasteiger partial charge in [0, 0.05) is 29.3 Å². The summed E-state index contributed by atoms with van der Waals surface area (Å²) in [5.74, 6) is -0.237. The molecule has 2 amide bonds. The topological polar surface area (TPSA) is 49.4 Å². The monoisotopic (exact) mass is 392 g/mol. The first kappa shape index (κ1) is 16.0. The van der Waals surface area contributed by atoms with Crippen LogP contribution < -0.4 is 10.2 Å². The molecule has 1 heterocycles. The van der Waals surface area contributed by atoms with Gasteiger partial charge in [0.05, 0.1) is 10.6 Å². The summed E-state index contributed by atoms with van der Waals surface area (Å²) in [4.78, 5) is 25.7. The van der Waals surface area contributed by atoms with Gasteiger partial charge < -0.3 is 10.2 Å². The molecule has 0 radical (unpaired) electrons. The lowest BCUT2D eigenvalue weighted by Gasteiger charge is -2.15. The number of carbonyl (C=O) groups is 2. The maximum Gasteiger partial charge on any atom is 0.257 e. The minimum Gasteiger partial charge on any atom is -0.322 e. The molecule has 0 fully saturated rings. The fourth-order valence-electron chi connectivity index (χ4n) is 2.68. The summed E-state index contributed by atoms with van der Waals surface area (Å²) in [6.07, 6.45) is 0.788. The third-order valence-electron chi connectivity index (χ3n) is 3.79. The van der Waals surface area contributed by atoms with E-state index in [1.807, 2.05) is 12.1 Å². The highest BCUT2D eigenvalue weighted by Crippen LogP contribution is 2.31. The Morgan fingerprint density at radius 1 is 1.22 bits per heavy atom. The van der Waals surface area contributed by atoms with Crippen LogP contribution in [-0.4, -0.2) is 18.4 Å². The zero-order chi connectivity index (χ0) is 16.6. The first-order chi connectivity index (χ1) is 11.0. The lowest BCUT2D eigenvalue weighted by atomic mass is 10.1. The number of carbonyl (C=O) groups excluding carboxylic acids is 2. The van der Waals surface area contributed by atoms with Gasteiger partial charge in [0.25, 0.3) is 5.91 Å². The van der Waals surface area contributed by atoms with Crippen LogP contribution in [0.1, 0.15) is 22.8 Å². The van der Waals surface area contributed by atoms with Gasteiger partial charge in [0.15, 0.2) is 0 Å². The van der Waals surface area contributed by atoms with Gasteiger partial charge in [0.2, 0.25) is 5.91 Å². The maximum absolute atomic E-state index is 12.4. The van der Waals surface area contributed by atoms with Crippen LogP contribution in [0.4, 0.5) is 11.4 Å². The second-order valence-electron chi connectivity index (χ2n) is 5.34. The van der Waals surface area contributed by atoms with E-state index in [1.54, 1.807) is 36.1 Å². The number of hydrogen-bond donors (Lipinski definition) is 1. The second-order valence-corrected chi connectivity index (χ2v) is 6.67. The molecule has 2 aromatic carbocycles. The summed E-state index contributed by atoms with van der Waals surface area (Å²) in [6, 6.07) is 10.7. The highest BCUT2D eigenvalue weighted by Gasteiger charge is 2.22. The number of nitrogens with zero attached hydrogens (tertiary/aromatic N) is 1. The Bertz CT molecular complexity index is 807. The van der Waals surface area contributed by atoms with Crippen molar-refractivity contribution in [1.82, 2.24) is 0 Å². The van der Waals surface area contributed by atoms with Crippen molar-refractivity contribution < 1.29 is 9.59 Å². The number of amides is 2. The van der Waals surface area contributed by atoms with E-state index in [0.29, 0.717) is 22.8 Å². The van der Waals surface area contributed by atoms with Crippen LogP contribution in [0.3, 0.4) is 0 Å². The molecule has 4 nitrogen and oxygen atoms in total. The van der Waals surface area contributed by atoms with E-state index >= 15 is 0 Å². The summed E-state index contributed by atoms with van der Waals surface area (Å²) < 4.78 is 0.790. The lowest BCUT2D eigenvalue weighted by molar-refractivity contribution is -0.116. The molecule has 0 spiro atoms. The molecule has 0 bridgehead atoms. The van der Waals surface area contributed by atoms with Crippen molar-refractivity contribution in [1.29, 1.82) is 0 Å². The fraction of sp³-hybridized carbons (Fsp3) is 0.176. The van der Waals surface area contributed by atoms with Gasteiger partial charge in [-0.05, 0) is 48.4 Å². The number of benzene rings is 2. The zero-order valence-corrected chi connectivity index (χ0v) is 14.7. The molecule has 1 aliphatic heterocycles. The Kier molecular flexibility index (Phi) is 4.41. The van der Waals surface area contributed by atoms with Crippen molar-refractivity contribution in [2.24, 2.45) is 0 Å². The van der Waals surface area contributed by atoms with Gasteiger partial charge in [-0.1, -0.05) is 27.5 Å². The molecule has 0 aliphatic carbocycles. The van der Waals surface area contributed by atoms with E-state index in [-0.39, 0.29) is 11.8 Å². The van der Waals surface area contributed by atoms with Gasteiger partial charge in [-0.25, -0.2) is 0 Å². The third kappa shape index (κ3) is 3.26. The van der Waals surface area contributed by atoms with Crippen molar-refractivity contribution in [2.45, 2.75) is 13.3 Å². The van der Waals surface area contributed by atoms with Crippen LogP contribution in [-0.2, 0) is 11.2 Å². The van der Waals surface area contributed by atoms with Gasteiger partial charge >= 0.3 is 0 Å². The first-order valence-corrected chi connectivity index (χ1v) is 8.30. The van der Waals surface area contributed by atoms with Gasteiger partial charge in [0.1, 0.15) is 0 Å². The molecular formula is C17H14BrClN2O2. The quantitative estimate of drug-likeness (QED) is 0.828. The molecular weight excluding hydrogens is 380 g/mol. The third-order valence-corrected chi connectivity index (χ3v) is 4.61. The summed E-state index contributed by atoms with van der Waals surface area (Å²) in [5.41, 5.74) is 3.07. The van der Waals surface area contributed by atoms with E-state index in [9.17, 15) is 9.59 Å². The van der Waals surface area contributed by atoms with E-state index in [4.69, 9.17) is 11.6 Å². The number of rotatable bonds is 2. The Balaban J connectivity index is 1.83. The average molecular weight is 394 g/mol. The molecule has 0 saturated carbocycles. The molecule has 0 atom stereocenters. The normalized spacial score (nSPS) is 12.9. The Morgan fingerprint density at radius 2 is 2.00 bits per heavy atom. The Morgan fingerprint density at radius 3 is 2.74 bits per heavy atom. The van der Waals surface area contributed by atoms with Gasteiger partial charge in [-0.2, -0.15) is 0 Å². The molecule has 0 saturated heterocycles. The van der Waals surface area contributed by atoms with Crippen molar-refractivity contribution >= 4 is 50.7 Å². The molecule has 1 aliphatic rings. The van der Waals surface area contributed by atoms with Crippen molar-refractivity contribution in [3.05, 3.63) is 57.0 Å². The molecule has 3 rings (SSSR count). The SMILES string of the molecule is CC(=O)N1CCc2cc(NC(=O)c3cc(Br)ccc3Cl)ccc21. The fourth-order valence-corrected chi connectivity index (χ4v) is 3.24. The second kappa shape index (κ2) is 6.34. The van der Waals surface area contributed by atoms with E-state index in [0.717, 1.165) is 22.1 Å². The smallest absolute Gasteiger partial charge is 0.257 e. The van der Waals surface area contributed by atoms with E-state index in [1.165, 1.54) is 0 Å². The average Bonchev–Trinajstić information content (AvgIpc) is 2.93. The predicted molar refractivity (Wildman–Crippen MR) is 95.3 cm³/mol.